The minimum Gasteiger partial charge on any atom is -0.497 e. The lowest BCUT2D eigenvalue weighted by atomic mass is 9.38. The summed E-state index contributed by atoms with van der Waals surface area (Å²) in [6.07, 6.45) is 4.30. The van der Waals surface area contributed by atoms with Crippen LogP contribution in [0.15, 0.2) is 54.1 Å². The van der Waals surface area contributed by atoms with E-state index in [0.29, 0.717) is 28.7 Å². The zero-order valence-corrected chi connectivity index (χ0v) is 19.7. The molecule has 0 aliphatic heterocycles. The van der Waals surface area contributed by atoms with Crippen LogP contribution in [-0.4, -0.2) is 24.9 Å². The van der Waals surface area contributed by atoms with Crippen molar-refractivity contribution in [2.24, 2.45) is 23.7 Å². The third-order valence-electron chi connectivity index (χ3n) is 10.1. The van der Waals surface area contributed by atoms with Crippen LogP contribution in [-0.2, 0) is 5.41 Å². The standard InChI is InChI=1S/C29H26F6O/c1-36-20-7-8-21-22(14-20)26(18-10-15-9-16(12-18)13-19(26)11-15)23(17-5-3-2-4-6-17)25-24(21)27(30,31)29(34,35)28(25,32)33/h2-8,14-16,18-19,23H,9-13H2,1H3. The highest BCUT2D eigenvalue weighted by Gasteiger charge is 2.83. The van der Waals surface area contributed by atoms with Crippen molar-refractivity contribution in [3.05, 3.63) is 70.8 Å². The number of allylic oxidation sites excluding steroid dienone is 2. The molecule has 1 unspecified atom stereocenters. The van der Waals surface area contributed by atoms with Gasteiger partial charge in [0.1, 0.15) is 5.75 Å². The summed E-state index contributed by atoms with van der Waals surface area (Å²) in [5.41, 5.74) is -2.52. The van der Waals surface area contributed by atoms with Crippen LogP contribution in [0.4, 0.5) is 26.3 Å². The number of halogens is 6. The van der Waals surface area contributed by atoms with Crippen LogP contribution in [0, 0.1) is 23.7 Å². The molecule has 6 aliphatic carbocycles. The Bertz CT molecular complexity index is 1250. The molecule has 2 aromatic rings. The maximum Gasteiger partial charge on any atom is 0.380 e. The molecule has 4 bridgehead atoms. The molecule has 7 heteroatoms. The minimum absolute atomic E-state index is 0.0579. The Balaban J connectivity index is 1.63. The van der Waals surface area contributed by atoms with E-state index in [9.17, 15) is 0 Å². The summed E-state index contributed by atoms with van der Waals surface area (Å²) < 4.78 is 98.2. The molecule has 0 heterocycles. The molecule has 0 N–H and O–H groups in total. The van der Waals surface area contributed by atoms with Crippen LogP contribution >= 0.6 is 0 Å². The molecule has 8 rings (SSSR count). The number of hydrogen-bond acceptors (Lipinski definition) is 1. The van der Waals surface area contributed by atoms with Gasteiger partial charge in [0.25, 0.3) is 0 Å². The molecule has 4 saturated carbocycles. The lowest BCUT2D eigenvalue weighted by Gasteiger charge is -2.66. The number of methoxy groups -OCH3 is 1. The van der Waals surface area contributed by atoms with Crippen LogP contribution in [0.2, 0.25) is 0 Å². The first-order valence-corrected chi connectivity index (χ1v) is 12.7. The highest BCUT2D eigenvalue weighted by molar-refractivity contribution is 5.87. The Morgan fingerprint density at radius 1 is 0.750 bits per heavy atom. The SMILES string of the molecule is COc1ccc2c(c1)C1(C3CC4CC(C3)CC1C4)C(c1ccccc1)C1=C2C(F)(F)C(F)(F)C1(F)F. The minimum atomic E-state index is -5.52. The van der Waals surface area contributed by atoms with Gasteiger partial charge in [-0.25, -0.2) is 0 Å². The van der Waals surface area contributed by atoms with Gasteiger partial charge in [-0.2, -0.15) is 26.3 Å². The van der Waals surface area contributed by atoms with Crippen molar-refractivity contribution in [1.29, 1.82) is 0 Å². The fourth-order valence-electron chi connectivity index (χ4n) is 9.07. The van der Waals surface area contributed by atoms with Gasteiger partial charge >= 0.3 is 17.8 Å². The second-order valence-corrected chi connectivity index (χ2v) is 11.5. The van der Waals surface area contributed by atoms with Gasteiger partial charge in [-0.3, -0.25) is 0 Å². The molecule has 0 aromatic heterocycles. The molecule has 36 heavy (non-hydrogen) atoms. The first-order valence-electron chi connectivity index (χ1n) is 12.7. The molecule has 6 aliphatic rings. The van der Waals surface area contributed by atoms with Crippen LogP contribution in [0.25, 0.3) is 5.57 Å². The van der Waals surface area contributed by atoms with Crippen molar-refractivity contribution in [3.8, 4) is 5.75 Å². The number of hydrogen-bond donors (Lipinski definition) is 0. The third-order valence-corrected chi connectivity index (χ3v) is 10.1. The molecular formula is C29H26F6O. The Morgan fingerprint density at radius 2 is 1.36 bits per heavy atom. The van der Waals surface area contributed by atoms with Gasteiger partial charge in [-0.05, 0) is 84.6 Å². The quantitative estimate of drug-likeness (QED) is 0.379. The van der Waals surface area contributed by atoms with Gasteiger partial charge in [0.15, 0.2) is 0 Å². The van der Waals surface area contributed by atoms with Crippen LogP contribution in [0.1, 0.15) is 54.7 Å². The van der Waals surface area contributed by atoms with Gasteiger partial charge in [-0.1, -0.05) is 36.4 Å². The average molecular weight is 505 g/mol. The van der Waals surface area contributed by atoms with Crippen molar-refractivity contribution < 1.29 is 31.1 Å². The Morgan fingerprint density at radius 3 is 1.94 bits per heavy atom. The predicted octanol–water partition coefficient (Wildman–Crippen LogP) is 7.86. The fraction of sp³-hybridized carbons (Fsp3) is 0.517. The van der Waals surface area contributed by atoms with E-state index < -0.39 is 40.2 Å². The summed E-state index contributed by atoms with van der Waals surface area (Å²) in [5, 5.41) is 0. The van der Waals surface area contributed by atoms with E-state index >= 15 is 26.3 Å². The van der Waals surface area contributed by atoms with Crippen molar-refractivity contribution >= 4 is 5.57 Å². The summed E-state index contributed by atoms with van der Waals surface area (Å²) in [6.45, 7) is 0. The molecule has 4 fully saturated rings. The van der Waals surface area contributed by atoms with Crippen molar-refractivity contribution in [2.75, 3.05) is 7.11 Å². The van der Waals surface area contributed by atoms with Crippen molar-refractivity contribution in [1.82, 2.24) is 0 Å². The van der Waals surface area contributed by atoms with E-state index in [-0.39, 0.29) is 17.4 Å². The van der Waals surface area contributed by atoms with E-state index in [1.165, 1.54) is 19.2 Å². The lowest BCUT2D eigenvalue weighted by molar-refractivity contribution is -0.261. The van der Waals surface area contributed by atoms with Crippen molar-refractivity contribution in [2.45, 2.75) is 61.2 Å². The average Bonchev–Trinajstić information content (AvgIpc) is 2.95. The highest BCUT2D eigenvalue weighted by atomic mass is 19.3. The molecule has 1 spiro atoms. The van der Waals surface area contributed by atoms with E-state index in [1.54, 1.807) is 36.4 Å². The fourth-order valence-corrected chi connectivity index (χ4v) is 9.07. The first kappa shape index (κ1) is 22.7. The topological polar surface area (TPSA) is 9.23 Å². The molecule has 1 nitrogen and oxygen atoms in total. The second-order valence-electron chi connectivity index (χ2n) is 11.5. The number of alkyl halides is 6. The molecule has 0 amide bonds. The normalized spacial score (nSPS) is 38.2. The Hall–Kier alpha value is -2.44. The van der Waals surface area contributed by atoms with Crippen LogP contribution in [0.5, 0.6) is 5.75 Å². The highest BCUT2D eigenvalue weighted by Crippen LogP contribution is 2.76. The van der Waals surface area contributed by atoms with Gasteiger partial charge in [0, 0.05) is 22.5 Å². The molecule has 0 saturated heterocycles. The number of ether oxygens (including phenoxy) is 1. The zero-order valence-electron chi connectivity index (χ0n) is 19.7. The molecule has 0 radical (unpaired) electrons. The van der Waals surface area contributed by atoms with E-state index in [0.717, 1.165) is 32.1 Å². The molecular weight excluding hydrogens is 478 g/mol. The predicted molar refractivity (Wildman–Crippen MR) is 123 cm³/mol. The summed E-state index contributed by atoms with van der Waals surface area (Å²) >= 11 is 0. The lowest BCUT2D eigenvalue weighted by Crippen LogP contribution is -2.60. The summed E-state index contributed by atoms with van der Waals surface area (Å²) in [5.74, 6) is -15.5. The molecule has 1 atom stereocenters. The monoisotopic (exact) mass is 504 g/mol. The summed E-state index contributed by atoms with van der Waals surface area (Å²) in [7, 11) is 1.46. The van der Waals surface area contributed by atoms with Gasteiger partial charge in [-0.15, -0.1) is 0 Å². The van der Waals surface area contributed by atoms with Gasteiger partial charge in [0.05, 0.1) is 7.11 Å². The van der Waals surface area contributed by atoms with E-state index in [1.807, 2.05) is 0 Å². The summed E-state index contributed by atoms with van der Waals surface area (Å²) in [4.78, 5) is 0. The van der Waals surface area contributed by atoms with Crippen molar-refractivity contribution in [3.63, 3.8) is 0 Å². The molecule has 2 aromatic carbocycles. The smallest absolute Gasteiger partial charge is 0.380 e. The summed E-state index contributed by atoms with van der Waals surface area (Å²) in [6, 6.07) is 12.7. The number of benzene rings is 2. The Labute approximate surface area is 205 Å². The molecule has 190 valence electrons. The third kappa shape index (κ3) is 2.41. The Kier molecular flexibility index (Phi) is 4.36. The van der Waals surface area contributed by atoms with Crippen LogP contribution in [0.3, 0.4) is 0 Å². The first-order chi connectivity index (χ1) is 17.0. The zero-order chi connectivity index (χ0) is 25.3. The second kappa shape index (κ2) is 6.90. The maximum atomic E-state index is 15.8. The van der Waals surface area contributed by atoms with Gasteiger partial charge in [0.2, 0.25) is 0 Å². The van der Waals surface area contributed by atoms with E-state index in [4.69, 9.17) is 4.74 Å². The van der Waals surface area contributed by atoms with Gasteiger partial charge < -0.3 is 4.74 Å². The van der Waals surface area contributed by atoms with Crippen LogP contribution < -0.4 is 4.74 Å². The number of rotatable bonds is 2. The largest absolute Gasteiger partial charge is 0.497 e. The number of fused-ring (bicyclic) bond motifs is 2. The van der Waals surface area contributed by atoms with E-state index in [2.05, 4.69) is 0 Å². The maximum absolute atomic E-state index is 15.8.